The minimum atomic E-state index is -0.281. The second kappa shape index (κ2) is 4.10. The maximum Gasteiger partial charge on any atom is 0.350 e. The molecule has 0 atom stereocenters. The predicted octanol–water partition coefficient (Wildman–Crippen LogP) is 3.25. The van der Waals surface area contributed by atoms with Crippen molar-refractivity contribution in [1.82, 2.24) is 0 Å². The Bertz CT molecular complexity index is 733. The molecule has 0 N–H and O–H groups in total. The number of hydrogen-bond donors (Lipinski definition) is 0. The van der Waals surface area contributed by atoms with Crippen LogP contribution < -0.4 is 10.5 Å². The molecule has 3 heterocycles. The second-order valence-corrected chi connectivity index (χ2v) is 6.21. The summed E-state index contributed by atoms with van der Waals surface area (Å²) in [6, 6.07) is 4.09. The van der Waals surface area contributed by atoms with E-state index in [4.69, 9.17) is 4.42 Å². The highest BCUT2D eigenvalue weighted by molar-refractivity contribution is 9.10. The lowest BCUT2D eigenvalue weighted by molar-refractivity contribution is 0.545. The Kier molecular flexibility index (Phi) is 2.49. The summed E-state index contributed by atoms with van der Waals surface area (Å²) in [4.78, 5) is 14.2. The smallest absolute Gasteiger partial charge is 0.350 e. The first-order valence-electron chi connectivity index (χ1n) is 6.77. The van der Waals surface area contributed by atoms with Gasteiger partial charge in [-0.05, 0) is 59.3 Å². The first kappa shape index (κ1) is 11.5. The summed E-state index contributed by atoms with van der Waals surface area (Å²) >= 11 is 3.27. The monoisotopic (exact) mass is 319 g/mol. The summed E-state index contributed by atoms with van der Waals surface area (Å²) in [7, 11) is 0. The largest absolute Gasteiger partial charge is 0.422 e. The number of fused-ring (bicyclic) bond motifs is 2. The van der Waals surface area contributed by atoms with Crippen molar-refractivity contribution < 1.29 is 4.42 Å². The highest BCUT2D eigenvalue weighted by atomic mass is 79.9. The van der Waals surface area contributed by atoms with Crippen LogP contribution in [0.3, 0.4) is 0 Å². The van der Waals surface area contributed by atoms with Crippen LogP contribution >= 0.6 is 15.9 Å². The first-order chi connectivity index (χ1) is 9.24. The number of nitrogens with zero attached hydrogens (tertiary/aromatic N) is 1. The van der Waals surface area contributed by atoms with Gasteiger partial charge in [-0.25, -0.2) is 4.79 Å². The Morgan fingerprint density at radius 1 is 1.16 bits per heavy atom. The molecule has 0 saturated heterocycles. The summed E-state index contributed by atoms with van der Waals surface area (Å²) in [6.07, 6.45) is 4.51. The molecule has 3 nitrogen and oxygen atoms in total. The van der Waals surface area contributed by atoms with Crippen LogP contribution in [0.25, 0.3) is 11.0 Å². The van der Waals surface area contributed by atoms with Crippen LogP contribution in [0.4, 0.5) is 5.69 Å². The van der Waals surface area contributed by atoms with E-state index in [1.165, 1.54) is 23.2 Å². The Morgan fingerprint density at radius 3 is 2.79 bits per heavy atom. The average Bonchev–Trinajstić information content (AvgIpc) is 2.42. The maximum atomic E-state index is 11.7. The van der Waals surface area contributed by atoms with E-state index >= 15 is 0 Å². The summed E-state index contributed by atoms with van der Waals surface area (Å²) in [6.45, 7) is 2.26. The van der Waals surface area contributed by atoms with Crippen molar-refractivity contribution >= 4 is 32.6 Å². The second-order valence-electron chi connectivity index (χ2n) is 5.36. The van der Waals surface area contributed by atoms with Gasteiger partial charge in [-0.1, -0.05) is 0 Å². The van der Waals surface area contributed by atoms with Gasteiger partial charge in [0, 0.05) is 29.7 Å². The minimum absolute atomic E-state index is 0.281. The molecule has 0 unspecified atom stereocenters. The van der Waals surface area contributed by atoms with Crippen molar-refractivity contribution in [3.63, 3.8) is 0 Å². The topological polar surface area (TPSA) is 33.5 Å². The highest BCUT2D eigenvalue weighted by Gasteiger charge is 2.26. The number of hydrogen-bond acceptors (Lipinski definition) is 3. The fourth-order valence-corrected chi connectivity index (χ4v) is 3.75. The van der Waals surface area contributed by atoms with Gasteiger partial charge in [-0.3, -0.25) is 0 Å². The average molecular weight is 320 g/mol. The molecule has 2 aromatic rings. The van der Waals surface area contributed by atoms with Crippen molar-refractivity contribution in [1.29, 1.82) is 0 Å². The lowest BCUT2D eigenvalue weighted by Crippen LogP contribution is -2.34. The molecule has 4 rings (SSSR count). The van der Waals surface area contributed by atoms with Gasteiger partial charge in [0.1, 0.15) is 10.1 Å². The zero-order valence-electron chi connectivity index (χ0n) is 10.5. The van der Waals surface area contributed by atoms with Crippen LogP contribution in [0.5, 0.6) is 0 Å². The van der Waals surface area contributed by atoms with Crippen LogP contribution in [-0.4, -0.2) is 13.1 Å². The molecule has 0 saturated carbocycles. The molecule has 0 spiro atoms. The minimum Gasteiger partial charge on any atom is -0.422 e. The summed E-state index contributed by atoms with van der Waals surface area (Å²) in [5.41, 5.74) is 4.50. The van der Waals surface area contributed by atoms with E-state index in [-0.39, 0.29) is 5.63 Å². The molecular formula is C15H14BrNO2. The zero-order valence-corrected chi connectivity index (χ0v) is 12.1. The van der Waals surface area contributed by atoms with Crippen LogP contribution in [-0.2, 0) is 12.8 Å². The van der Waals surface area contributed by atoms with Gasteiger partial charge in [0.25, 0.3) is 0 Å². The molecule has 2 aliphatic rings. The molecule has 0 bridgehead atoms. The first-order valence-corrected chi connectivity index (χ1v) is 7.56. The summed E-state index contributed by atoms with van der Waals surface area (Å²) < 4.78 is 6.04. The Hall–Kier alpha value is -1.29. The van der Waals surface area contributed by atoms with Crippen molar-refractivity contribution in [2.24, 2.45) is 0 Å². The van der Waals surface area contributed by atoms with E-state index < -0.39 is 0 Å². The van der Waals surface area contributed by atoms with Crippen LogP contribution in [0, 0.1) is 0 Å². The third-order valence-electron chi connectivity index (χ3n) is 4.17. The Labute approximate surface area is 119 Å². The van der Waals surface area contributed by atoms with E-state index in [0.29, 0.717) is 4.47 Å². The SMILES string of the molecule is O=c1oc2c3c4c(cc2cc1Br)CCCN4CCC3. The number of aryl methyl sites for hydroxylation is 2. The van der Waals surface area contributed by atoms with E-state index in [9.17, 15) is 4.79 Å². The number of rotatable bonds is 0. The highest BCUT2D eigenvalue weighted by Crippen LogP contribution is 2.39. The normalized spacial score (nSPS) is 17.6. The zero-order chi connectivity index (χ0) is 13.0. The fraction of sp³-hybridized carbons (Fsp3) is 0.400. The molecule has 0 fully saturated rings. The summed E-state index contributed by atoms with van der Waals surface area (Å²) in [5, 5.41) is 1.05. The van der Waals surface area contributed by atoms with E-state index in [1.54, 1.807) is 0 Å². The Balaban J connectivity index is 2.12. The number of anilines is 1. The number of benzene rings is 1. The molecule has 1 aromatic carbocycles. The van der Waals surface area contributed by atoms with E-state index in [2.05, 4.69) is 26.9 Å². The standard InChI is InChI=1S/C15H14BrNO2/c16-12-8-10-7-9-3-1-5-17-6-2-4-11(13(9)17)14(10)19-15(12)18/h7-8H,1-6H2. The fourth-order valence-electron chi connectivity index (χ4n) is 3.42. The molecule has 0 radical (unpaired) electrons. The van der Waals surface area contributed by atoms with Crippen LogP contribution in [0.15, 0.2) is 25.8 Å². The van der Waals surface area contributed by atoms with Crippen molar-refractivity contribution in [2.75, 3.05) is 18.0 Å². The molecule has 1 aromatic heterocycles. The van der Waals surface area contributed by atoms with Gasteiger partial charge in [-0.2, -0.15) is 0 Å². The van der Waals surface area contributed by atoms with Gasteiger partial charge < -0.3 is 9.32 Å². The van der Waals surface area contributed by atoms with Crippen LogP contribution in [0.2, 0.25) is 0 Å². The van der Waals surface area contributed by atoms with E-state index in [0.717, 1.165) is 43.3 Å². The van der Waals surface area contributed by atoms with Crippen molar-refractivity contribution in [2.45, 2.75) is 25.7 Å². The molecule has 19 heavy (non-hydrogen) atoms. The van der Waals surface area contributed by atoms with Gasteiger partial charge in [0.05, 0.1) is 0 Å². The van der Waals surface area contributed by atoms with Gasteiger partial charge in [0.2, 0.25) is 0 Å². The third kappa shape index (κ3) is 1.66. The van der Waals surface area contributed by atoms with Gasteiger partial charge in [-0.15, -0.1) is 0 Å². The molecule has 4 heteroatoms. The Morgan fingerprint density at radius 2 is 1.95 bits per heavy atom. The van der Waals surface area contributed by atoms with Gasteiger partial charge >= 0.3 is 5.63 Å². The summed E-state index contributed by atoms with van der Waals surface area (Å²) in [5.74, 6) is 0. The molecule has 2 aliphatic heterocycles. The van der Waals surface area contributed by atoms with Gasteiger partial charge in [0.15, 0.2) is 0 Å². The molecular weight excluding hydrogens is 306 g/mol. The number of halogens is 1. The van der Waals surface area contributed by atoms with Crippen molar-refractivity contribution in [3.05, 3.63) is 38.2 Å². The molecule has 0 amide bonds. The molecule has 0 aliphatic carbocycles. The van der Waals surface area contributed by atoms with E-state index in [1.807, 2.05) is 6.07 Å². The maximum absolute atomic E-state index is 11.7. The lowest BCUT2D eigenvalue weighted by Gasteiger charge is -2.37. The predicted molar refractivity (Wildman–Crippen MR) is 79.0 cm³/mol. The molecule has 98 valence electrons. The van der Waals surface area contributed by atoms with Crippen molar-refractivity contribution in [3.8, 4) is 0 Å². The lowest BCUT2D eigenvalue weighted by atomic mass is 9.90. The quantitative estimate of drug-likeness (QED) is 0.699. The third-order valence-corrected chi connectivity index (χ3v) is 4.73. The van der Waals surface area contributed by atoms with Crippen LogP contribution in [0.1, 0.15) is 24.0 Å².